The molecule has 0 aliphatic heterocycles. The molecule has 106 valence electrons. The molecule has 0 aromatic heterocycles. The van der Waals surface area contributed by atoms with Crippen molar-refractivity contribution >= 4 is 15.7 Å². The molecule has 1 aliphatic carbocycles. The van der Waals surface area contributed by atoms with Gasteiger partial charge in [0.15, 0.2) is 5.82 Å². The highest BCUT2D eigenvalue weighted by molar-refractivity contribution is 7.89. The van der Waals surface area contributed by atoms with Crippen molar-refractivity contribution < 1.29 is 17.2 Å². The molecule has 1 atom stereocenters. The van der Waals surface area contributed by atoms with Crippen LogP contribution in [0.15, 0.2) is 17.0 Å². The van der Waals surface area contributed by atoms with Gasteiger partial charge < -0.3 is 5.73 Å². The number of rotatable bonds is 4. The van der Waals surface area contributed by atoms with Crippen LogP contribution < -0.4 is 5.73 Å². The summed E-state index contributed by atoms with van der Waals surface area (Å²) >= 11 is 0. The van der Waals surface area contributed by atoms with Crippen LogP contribution in [0.5, 0.6) is 0 Å². The molecule has 0 bridgehead atoms. The van der Waals surface area contributed by atoms with Crippen molar-refractivity contribution in [2.24, 2.45) is 5.92 Å². The average Bonchev–Trinajstić information content (AvgIpc) is 3.18. The van der Waals surface area contributed by atoms with E-state index in [1.165, 1.54) is 7.05 Å². The van der Waals surface area contributed by atoms with E-state index in [2.05, 4.69) is 0 Å². The van der Waals surface area contributed by atoms with E-state index in [1.807, 2.05) is 0 Å². The number of nitrogens with zero attached hydrogens (tertiary/aromatic N) is 1. The summed E-state index contributed by atoms with van der Waals surface area (Å²) in [6, 6.07) is 1.56. The minimum Gasteiger partial charge on any atom is -0.394 e. The van der Waals surface area contributed by atoms with Gasteiger partial charge in [0, 0.05) is 13.1 Å². The van der Waals surface area contributed by atoms with Crippen LogP contribution in [0.25, 0.3) is 0 Å². The fourth-order valence-corrected chi connectivity index (χ4v) is 3.49. The molecule has 0 amide bonds. The first kappa shape index (κ1) is 14.2. The van der Waals surface area contributed by atoms with Crippen LogP contribution in [0.2, 0.25) is 0 Å². The molecule has 0 radical (unpaired) electrons. The van der Waals surface area contributed by atoms with E-state index in [0.29, 0.717) is 5.92 Å². The van der Waals surface area contributed by atoms with Crippen molar-refractivity contribution in [2.45, 2.75) is 30.7 Å². The number of nitrogens with two attached hydrogens (primary N) is 1. The van der Waals surface area contributed by atoms with Gasteiger partial charge in [0.1, 0.15) is 16.4 Å². The first-order valence-corrected chi connectivity index (χ1v) is 7.42. The quantitative estimate of drug-likeness (QED) is 0.862. The molecule has 2 N–H and O–H groups in total. The van der Waals surface area contributed by atoms with Gasteiger partial charge in [-0.25, -0.2) is 17.2 Å². The highest BCUT2D eigenvalue weighted by atomic mass is 32.2. The molecular formula is C12H16F2N2O2S. The van der Waals surface area contributed by atoms with E-state index >= 15 is 0 Å². The minimum atomic E-state index is -4.00. The lowest BCUT2D eigenvalue weighted by Gasteiger charge is -2.24. The van der Waals surface area contributed by atoms with Crippen LogP contribution >= 0.6 is 0 Å². The smallest absolute Gasteiger partial charge is 0.246 e. The number of nitrogen functional groups attached to an aromatic ring is 1. The number of hydrogen-bond acceptors (Lipinski definition) is 3. The maximum Gasteiger partial charge on any atom is 0.246 e. The summed E-state index contributed by atoms with van der Waals surface area (Å²) in [6.45, 7) is 1.78. The van der Waals surface area contributed by atoms with Crippen LogP contribution in [-0.4, -0.2) is 25.8 Å². The maximum absolute atomic E-state index is 13.8. The van der Waals surface area contributed by atoms with Gasteiger partial charge in [-0.05, 0) is 37.8 Å². The number of halogens is 2. The number of hydrogen-bond donors (Lipinski definition) is 1. The minimum absolute atomic E-state index is 0.212. The van der Waals surface area contributed by atoms with Gasteiger partial charge in [-0.15, -0.1) is 0 Å². The van der Waals surface area contributed by atoms with E-state index in [1.54, 1.807) is 6.92 Å². The SMILES string of the molecule is CC(C1CC1)N(C)S(=O)(=O)c1ccc(F)c(N)c1F. The second kappa shape index (κ2) is 4.72. The highest BCUT2D eigenvalue weighted by Gasteiger charge is 2.37. The van der Waals surface area contributed by atoms with E-state index in [-0.39, 0.29) is 6.04 Å². The zero-order valence-corrected chi connectivity index (χ0v) is 11.5. The second-order valence-electron chi connectivity index (χ2n) is 4.87. The summed E-state index contributed by atoms with van der Waals surface area (Å²) in [6.07, 6.45) is 1.93. The summed E-state index contributed by atoms with van der Waals surface area (Å²) in [4.78, 5) is -0.582. The molecular weight excluding hydrogens is 274 g/mol. The van der Waals surface area contributed by atoms with Crippen LogP contribution in [0.3, 0.4) is 0 Å². The molecule has 7 heteroatoms. The van der Waals surface area contributed by atoms with Crippen molar-refractivity contribution in [3.63, 3.8) is 0 Å². The summed E-state index contributed by atoms with van der Waals surface area (Å²) < 4.78 is 52.6. The Morgan fingerprint density at radius 2 is 1.95 bits per heavy atom. The molecule has 2 rings (SSSR count). The summed E-state index contributed by atoms with van der Waals surface area (Å²) in [5, 5.41) is 0. The summed E-state index contributed by atoms with van der Waals surface area (Å²) in [5.74, 6) is -1.88. The molecule has 19 heavy (non-hydrogen) atoms. The van der Waals surface area contributed by atoms with E-state index in [0.717, 1.165) is 29.3 Å². The van der Waals surface area contributed by atoms with E-state index in [9.17, 15) is 17.2 Å². The van der Waals surface area contributed by atoms with Crippen molar-refractivity contribution in [3.8, 4) is 0 Å². The Morgan fingerprint density at radius 3 is 2.47 bits per heavy atom. The Morgan fingerprint density at radius 1 is 1.37 bits per heavy atom. The molecule has 1 saturated carbocycles. The van der Waals surface area contributed by atoms with Crippen LogP contribution in [0.4, 0.5) is 14.5 Å². The third-order valence-electron chi connectivity index (χ3n) is 3.63. The van der Waals surface area contributed by atoms with Gasteiger partial charge in [0.2, 0.25) is 10.0 Å². The van der Waals surface area contributed by atoms with E-state index in [4.69, 9.17) is 5.73 Å². The Bertz CT molecular complexity index is 600. The predicted molar refractivity (Wildman–Crippen MR) is 67.9 cm³/mol. The Kier molecular flexibility index (Phi) is 3.53. The molecule has 4 nitrogen and oxygen atoms in total. The third kappa shape index (κ3) is 2.44. The Hall–Kier alpha value is -1.21. The standard InChI is InChI=1S/C12H16F2N2O2S/c1-7(8-3-4-8)16(2)19(17,18)10-6-5-9(13)12(15)11(10)14/h5-8H,3-4,15H2,1-2H3. The average molecular weight is 290 g/mol. The molecule has 0 heterocycles. The number of benzene rings is 1. The van der Waals surface area contributed by atoms with Gasteiger partial charge in [0.05, 0.1) is 0 Å². The Balaban J connectivity index is 2.41. The molecule has 1 unspecified atom stereocenters. The fraction of sp³-hybridized carbons (Fsp3) is 0.500. The molecule has 0 spiro atoms. The van der Waals surface area contributed by atoms with Crippen molar-refractivity contribution in [1.82, 2.24) is 4.31 Å². The maximum atomic E-state index is 13.8. The molecule has 1 fully saturated rings. The van der Waals surface area contributed by atoms with Crippen LogP contribution in [-0.2, 0) is 10.0 Å². The fourth-order valence-electron chi connectivity index (χ4n) is 2.00. The molecule has 0 saturated heterocycles. The molecule has 1 aliphatic rings. The van der Waals surface area contributed by atoms with Crippen molar-refractivity contribution in [2.75, 3.05) is 12.8 Å². The van der Waals surface area contributed by atoms with Gasteiger partial charge in [-0.2, -0.15) is 4.31 Å². The lowest BCUT2D eigenvalue weighted by molar-refractivity contribution is 0.355. The summed E-state index contributed by atoms with van der Waals surface area (Å²) in [7, 11) is -2.60. The van der Waals surface area contributed by atoms with Gasteiger partial charge >= 0.3 is 0 Å². The van der Waals surface area contributed by atoms with Crippen LogP contribution in [0, 0.1) is 17.6 Å². The lowest BCUT2D eigenvalue weighted by Crippen LogP contribution is -2.37. The van der Waals surface area contributed by atoms with Gasteiger partial charge in [0.25, 0.3) is 0 Å². The largest absolute Gasteiger partial charge is 0.394 e. The Labute approximate surface area is 111 Å². The van der Waals surface area contributed by atoms with E-state index < -0.39 is 32.2 Å². The first-order valence-electron chi connectivity index (χ1n) is 5.98. The topological polar surface area (TPSA) is 63.4 Å². The predicted octanol–water partition coefficient (Wildman–Crippen LogP) is 1.97. The summed E-state index contributed by atoms with van der Waals surface area (Å²) in [5.41, 5.74) is 4.42. The molecule has 1 aromatic carbocycles. The van der Waals surface area contributed by atoms with Gasteiger partial charge in [-0.3, -0.25) is 0 Å². The number of sulfonamides is 1. The highest BCUT2D eigenvalue weighted by Crippen LogP contribution is 2.37. The van der Waals surface area contributed by atoms with Crippen LogP contribution in [0.1, 0.15) is 19.8 Å². The van der Waals surface area contributed by atoms with Gasteiger partial charge in [-0.1, -0.05) is 0 Å². The second-order valence-corrected chi connectivity index (χ2v) is 6.84. The lowest BCUT2D eigenvalue weighted by atomic mass is 10.2. The van der Waals surface area contributed by atoms with Crippen molar-refractivity contribution in [3.05, 3.63) is 23.8 Å². The normalized spacial score (nSPS) is 17.7. The zero-order valence-electron chi connectivity index (χ0n) is 10.7. The molecule has 1 aromatic rings. The number of anilines is 1. The first-order chi connectivity index (χ1) is 8.76. The van der Waals surface area contributed by atoms with Crippen molar-refractivity contribution in [1.29, 1.82) is 0 Å². The monoisotopic (exact) mass is 290 g/mol. The zero-order chi connectivity index (χ0) is 14.4. The third-order valence-corrected chi connectivity index (χ3v) is 5.59.